The summed E-state index contributed by atoms with van der Waals surface area (Å²) in [5.74, 6) is -0.284. The minimum absolute atomic E-state index is 0.172. The molecule has 0 fully saturated rings. The number of pyridine rings is 2. The molecule has 4 rings (SSSR count). The molecule has 0 saturated carbocycles. The lowest BCUT2D eigenvalue weighted by Gasteiger charge is -2.35. The molecular weight excluding hydrogens is 330 g/mol. The van der Waals surface area contributed by atoms with Gasteiger partial charge in [0, 0.05) is 43.8 Å². The maximum atomic E-state index is 13.3. The van der Waals surface area contributed by atoms with E-state index in [1.807, 2.05) is 19.1 Å². The standard InChI is InChI=1S/C19H19N5O2/c1-12-5-6-14(18(25)23(12)2)19(26)24-9-7-15-16(22-11-21-15)17(24)13-4-3-8-20-10-13/h3-6,8,10-11,17H,7,9H2,1-2H3,(H,21,22). The van der Waals surface area contributed by atoms with E-state index in [1.54, 1.807) is 42.8 Å². The number of aryl methyl sites for hydroxylation is 1. The van der Waals surface area contributed by atoms with Crippen LogP contribution in [0.5, 0.6) is 0 Å². The number of aromatic amines is 1. The van der Waals surface area contributed by atoms with Gasteiger partial charge in [0.2, 0.25) is 0 Å². The van der Waals surface area contributed by atoms with Gasteiger partial charge < -0.3 is 14.5 Å². The second-order valence-electron chi connectivity index (χ2n) is 6.46. The molecule has 7 nitrogen and oxygen atoms in total. The number of nitrogens with zero attached hydrogens (tertiary/aromatic N) is 4. The van der Waals surface area contributed by atoms with E-state index in [4.69, 9.17) is 0 Å². The lowest BCUT2D eigenvalue weighted by molar-refractivity contribution is 0.0688. The highest BCUT2D eigenvalue weighted by atomic mass is 16.2. The third-order valence-corrected chi connectivity index (χ3v) is 4.97. The molecule has 1 N–H and O–H groups in total. The molecule has 1 amide bonds. The van der Waals surface area contributed by atoms with Gasteiger partial charge in [-0.05, 0) is 30.7 Å². The van der Waals surface area contributed by atoms with Gasteiger partial charge in [-0.1, -0.05) is 6.07 Å². The van der Waals surface area contributed by atoms with Crippen LogP contribution in [0.1, 0.15) is 39.0 Å². The quantitative estimate of drug-likeness (QED) is 0.762. The molecule has 0 spiro atoms. The van der Waals surface area contributed by atoms with Crippen LogP contribution in [-0.4, -0.2) is 36.9 Å². The minimum atomic E-state index is -0.364. The summed E-state index contributed by atoms with van der Waals surface area (Å²) in [5, 5.41) is 0. The number of hydrogen-bond donors (Lipinski definition) is 1. The first-order valence-electron chi connectivity index (χ1n) is 8.47. The molecule has 132 valence electrons. The predicted molar refractivity (Wildman–Crippen MR) is 95.8 cm³/mol. The van der Waals surface area contributed by atoms with Crippen molar-refractivity contribution in [1.29, 1.82) is 0 Å². The lowest BCUT2D eigenvalue weighted by Crippen LogP contribution is -2.43. The van der Waals surface area contributed by atoms with Crippen molar-refractivity contribution >= 4 is 5.91 Å². The van der Waals surface area contributed by atoms with Crippen LogP contribution < -0.4 is 5.56 Å². The molecule has 1 aliphatic heterocycles. The van der Waals surface area contributed by atoms with Crippen LogP contribution in [0, 0.1) is 6.92 Å². The predicted octanol–water partition coefficient (Wildman–Crippen LogP) is 1.60. The van der Waals surface area contributed by atoms with Crippen LogP contribution in [-0.2, 0) is 13.5 Å². The first-order valence-corrected chi connectivity index (χ1v) is 8.47. The van der Waals surface area contributed by atoms with E-state index >= 15 is 0 Å². The molecule has 0 saturated heterocycles. The average molecular weight is 349 g/mol. The number of carbonyl (C=O) groups is 1. The fraction of sp³-hybridized carbons (Fsp3) is 0.263. The molecule has 4 heterocycles. The van der Waals surface area contributed by atoms with Crippen molar-refractivity contribution in [2.75, 3.05) is 6.54 Å². The second-order valence-corrected chi connectivity index (χ2v) is 6.46. The Labute approximate surface area is 150 Å². The van der Waals surface area contributed by atoms with E-state index < -0.39 is 0 Å². The van der Waals surface area contributed by atoms with E-state index in [1.165, 1.54) is 4.57 Å². The third kappa shape index (κ3) is 2.52. The van der Waals surface area contributed by atoms with Crippen molar-refractivity contribution in [2.24, 2.45) is 7.05 Å². The fourth-order valence-corrected chi connectivity index (χ4v) is 3.42. The molecule has 0 radical (unpaired) electrons. The van der Waals surface area contributed by atoms with Crippen LogP contribution in [0.4, 0.5) is 0 Å². The maximum absolute atomic E-state index is 13.3. The maximum Gasteiger partial charge on any atom is 0.263 e. The molecule has 1 atom stereocenters. The highest BCUT2D eigenvalue weighted by Crippen LogP contribution is 2.33. The Morgan fingerprint density at radius 3 is 2.92 bits per heavy atom. The average Bonchev–Trinajstić information content (AvgIpc) is 3.14. The monoisotopic (exact) mass is 349 g/mol. The van der Waals surface area contributed by atoms with Crippen molar-refractivity contribution in [2.45, 2.75) is 19.4 Å². The normalized spacial score (nSPS) is 16.4. The first-order chi connectivity index (χ1) is 12.6. The van der Waals surface area contributed by atoms with Gasteiger partial charge in [-0.25, -0.2) is 4.98 Å². The summed E-state index contributed by atoms with van der Waals surface area (Å²) in [7, 11) is 1.68. The van der Waals surface area contributed by atoms with Crippen molar-refractivity contribution < 1.29 is 4.79 Å². The Morgan fingerprint density at radius 2 is 2.15 bits per heavy atom. The SMILES string of the molecule is Cc1ccc(C(=O)N2CCc3[nH]cnc3C2c2cccnc2)c(=O)n1C. The zero-order chi connectivity index (χ0) is 18.3. The number of rotatable bonds is 2. The number of fused-ring (bicyclic) bond motifs is 1. The number of H-pyrrole nitrogens is 1. The highest BCUT2D eigenvalue weighted by molar-refractivity contribution is 5.94. The van der Waals surface area contributed by atoms with E-state index in [0.29, 0.717) is 13.0 Å². The summed E-state index contributed by atoms with van der Waals surface area (Å²) < 4.78 is 1.50. The number of amides is 1. The summed E-state index contributed by atoms with van der Waals surface area (Å²) in [6.45, 7) is 2.34. The fourth-order valence-electron chi connectivity index (χ4n) is 3.42. The molecule has 3 aromatic heterocycles. The zero-order valence-corrected chi connectivity index (χ0v) is 14.6. The van der Waals surface area contributed by atoms with Gasteiger partial charge in [0.1, 0.15) is 11.6 Å². The van der Waals surface area contributed by atoms with Crippen LogP contribution in [0.25, 0.3) is 0 Å². The first kappa shape index (κ1) is 16.3. The number of carbonyl (C=O) groups excluding carboxylic acids is 1. The van der Waals surface area contributed by atoms with Gasteiger partial charge in [0.15, 0.2) is 0 Å². The van der Waals surface area contributed by atoms with Crippen LogP contribution in [0.2, 0.25) is 0 Å². The van der Waals surface area contributed by atoms with E-state index in [0.717, 1.165) is 22.6 Å². The molecule has 1 unspecified atom stereocenters. The summed E-state index contributed by atoms with van der Waals surface area (Å²) >= 11 is 0. The van der Waals surface area contributed by atoms with Crippen LogP contribution in [0.15, 0.2) is 47.8 Å². The zero-order valence-electron chi connectivity index (χ0n) is 14.6. The van der Waals surface area contributed by atoms with Crippen LogP contribution in [0.3, 0.4) is 0 Å². The Hall–Kier alpha value is -3.22. The number of aromatic nitrogens is 4. The summed E-state index contributed by atoms with van der Waals surface area (Å²) in [6, 6.07) is 6.80. The Morgan fingerprint density at radius 1 is 1.31 bits per heavy atom. The molecule has 0 aliphatic carbocycles. The van der Waals surface area contributed by atoms with E-state index in [9.17, 15) is 9.59 Å². The summed E-state index contributed by atoms with van der Waals surface area (Å²) in [4.78, 5) is 39.3. The molecule has 26 heavy (non-hydrogen) atoms. The van der Waals surface area contributed by atoms with Gasteiger partial charge in [-0.3, -0.25) is 14.6 Å². The van der Waals surface area contributed by atoms with Gasteiger partial charge in [0.25, 0.3) is 11.5 Å². The summed E-state index contributed by atoms with van der Waals surface area (Å²) in [5.41, 5.74) is 3.39. The van der Waals surface area contributed by atoms with E-state index in [2.05, 4.69) is 15.0 Å². The number of nitrogens with one attached hydrogen (secondary N) is 1. The summed E-state index contributed by atoms with van der Waals surface area (Å²) in [6.07, 6.45) is 5.75. The topological polar surface area (TPSA) is 83.9 Å². The molecule has 7 heteroatoms. The Bertz CT molecular complexity index is 1020. The van der Waals surface area contributed by atoms with Gasteiger partial charge >= 0.3 is 0 Å². The Kier molecular flexibility index (Phi) is 3.91. The molecule has 1 aliphatic rings. The highest BCUT2D eigenvalue weighted by Gasteiger charge is 2.35. The van der Waals surface area contributed by atoms with Crippen LogP contribution >= 0.6 is 0 Å². The van der Waals surface area contributed by atoms with Crippen molar-refractivity contribution in [3.63, 3.8) is 0 Å². The molecule has 0 aromatic carbocycles. The third-order valence-electron chi connectivity index (χ3n) is 4.97. The lowest BCUT2D eigenvalue weighted by atomic mass is 9.96. The molecule has 3 aromatic rings. The second kappa shape index (κ2) is 6.25. The van der Waals surface area contributed by atoms with Gasteiger partial charge in [-0.2, -0.15) is 0 Å². The van der Waals surface area contributed by atoms with Crippen molar-refractivity contribution in [1.82, 2.24) is 24.4 Å². The minimum Gasteiger partial charge on any atom is -0.348 e. The molecular formula is C19H19N5O2. The van der Waals surface area contributed by atoms with Gasteiger partial charge in [0.05, 0.1) is 12.0 Å². The molecule has 0 bridgehead atoms. The largest absolute Gasteiger partial charge is 0.348 e. The Balaban J connectivity index is 1.81. The van der Waals surface area contributed by atoms with E-state index in [-0.39, 0.29) is 23.1 Å². The van der Waals surface area contributed by atoms with Crippen molar-refractivity contribution in [3.05, 3.63) is 81.5 Å². The number of hydrogen-bond acceptors (Lipinski definition) is 4. The smallest absolute Gasteiger partial charge is 0.263 e. The number of imidazole rings is 1. The van der Waals surface area contributed by atoms with Gasteiger partial charge in [-0.15, -0.1) is 0 Å². The van der Waals surface area contributed by atoms with Crippen molar-refractivity contribution in [3.8, 4) is 0 Å².